The van der Waals surface area contributed by atoms with Gasteiger partial charge >= 0.3 is 0 Å². The third-order valence-corrected chi connectivity index (χ3v) is 2.08. The molecule has 0 amide bonds. The Morgan fingerprint density at radius 3 is 2.53 bits per heavy atom. The molecule has 0 heterocycles. The first kappa shape index (κ1) is 12.0. The van der Waals surface area contributed by atoms with Crippen molar-refractivity contribution in [1.29, 1.82) is 0 Å². The maximum absolute atomic E-state index is 5.10. The van der Waals surface area contributed by atoms with E-state index in [4.69, 9.17) is 9.78 Å². The summed E-state index contributed by atoms with van der Waals surface area (Å²) in [7, 11) is 0. The lowest BCUT2D eigenvalue weighted by atomic mass is 10.0. The fourth-order valence-electron chi connectivity index (χ4n) is 1.17. The average Bonchev–Trinajstić information content (AvgIpc) is 2.25. The van der Waals surface area contributed by atoms with Gasteiger partial charge in [-0.15, -0.1) is 0 Å². The summed E-state index contributed by atoms with van der Waals surface area (Å²) in [5, 5.41) is 0. The zero-order valence-electron chi connectivity index (χ0n) is 9.40. The van der Waals surface area contributed by atoms with Gasteiger partial charge in [-0.2, -0.15) is 0 Å². The minimum absolute atomic E-state index is 0.344. The first-order chi connectivity index (χ1) is 7.20. The Hall–Kier alpha value is -1.12. The van der Waals surface area contributed by atoms with E-state index in [-0.39, 0.29) is 0 Å². The van der Waals surface area contributed by atoms with Gasteiger partial charge < -0.3 is 0 Å². The number of hydrogen-bond donors (Lipinski definition) is 0. The fraction of sp³-hybridized carbons (Fsp3) is 0.385. The highest BCUT2D eigenvalue weighted by atomic mass is 17.2. The minimum atomic E-state index is 0.344. The van der Waals surface area contributed by atoms with Crippen molar-refractivity contribution in [3.8, 4) is 0 Å². The second-order valence-corrected chi connectivity index (χ2v) is 3.82. The molecule has 1 aromatic rings. The molecule has 82 valence electrons. The lowest BCUT2D eigenvalue weighted by Gasteiger charge is -2.11. The Morgan fingerprint density at radius 2 is 1.93 bits per heavy atom. The molecule has 1 rings (SSSR count). The highest BCUT2D eigenvalue weighted by Crippen LogP contribution is 2.14. The highest BCUT2D eigenvalue weighted by Gasteiger charge is 2.04. The summed E-state index contributed by atoms with van der Waals surface area (Å²) in [5.74, 6) is 0.344. The van der Waals surface area contributed by atoms with Gasteiger partial charge in [-0.25, -0.2) is 9.78 Å². The summed E-state index contributed by atoms with van der Waals surface area (Å²) < 4.78 is 0. The predicted octanol–water partition coefficient (Wildman–Crippen LogP) is 3.31. The zero-order valence-corrected chi connectivity index (χ0v) is 9.40. The van der Waals surface area contributed by atoms with Crippen molar-refractivity contribution in [2.24, 2.45) is 0 Å². The van der Waals surface area contributed by atoms with Gasteiger partial charge in [0.2, 0.25) is 0 Å². The van der Waals surface area contributed by atoms with E-state index in [0.29, 0.717) is 19.1 Å². The summed E-state index contributed by atoms with van der Waals surface area (Å²) >= 11 is 0. The van der Waals surface area contributed by atoms with Crippen LogP contribution in [0, 0.1) is 0 Å². The molecule has 0 spiro atoms. The van der Waals surface area contributed by atoms with Crippen LogP contribution in [0.1, 0.15) is 25.3 Å². The molecule has 2 heteroatoms. The molecular formula is C13H18O2. The maximum Gasteiger partial charge on any atom is 0.103 e. The van der Waals surface area contributed by atoms with E-state index >= 15 is 0 Å². The molecule has 0 fully saturated rings. The Balaban J connectivity index is 2.25. The van der Waals surface area contributed by atoms with Gasteiger partial charge in [0.1, 0.15) is 6.61 Å². The van der Waals surface area contributed by atoms with Crippen LogP contribution >= 0.6 is 0 Å². The molecule has 0 aromatic heterocycles. The van der Waals surface area contributed by atoms with E-state index in [0.717, 1.165) is 5.57 Å². The van der Waals surface area contributed by atoms with Gasteiger partial charge in [-0.05, 0) is 12.5 Å². The molecular weight excluding hydrogens is 188 g/mol. The van der Waals surface area contributed by atoms with Crippen LogP contribution in [-0.2, 0) is 9.78 Å². The molecule has 0 saturated carbocycles. The molecule has 0 saturated heterocycles. The SMILES string of the molecule is C=C(C)COOCC(C)c1ccccc1. The van der Waals surface area contributed by atoms with Crippen LogP contribution in [0.2, 0.25) is 0 Å². The Kier molecular flexibility index (Phi) is 5.08. The normalized spacial score (nSPS) is 12.4. The standard InChI is InChI=1S/C13H18O2/c1-11(2)9-14-15-10-12(3)13-7-5-4-6-8-13/h4-8,12H,1,9-10H2,2-3H3. The van der Waals surface area contributed by atoms with Gasteiger partial charge in [-0.3, -0.25) is 0 Å². The van der Waals surface area contributed by atoms with Gasteiger partial charge in [0.05, 0.1) is 6.61 Å². The summed E-state index contributed by atoms with van der Waals surface area (Å²) in [4.78, 5) is 10.1. The van der Waals surface area contributed by atoms with Gasteiger partial charge in [0.15, 0.2) is 0 Å². The van der Waals surface area contributed by atoms with Crippen molar-refractivity contribution < 1.29 is 9.78 Å². The quantitative estimate of drug-likeness (QED) is 0.308. The molecule has 0 aliphatic rings. The Labute approximate surface area is 91.5 Å². The Bertz CT molecular complexity index is 293. The van der Waals surface area contributed by atoms with Gasteiger partial charge in [0, 0.05) is 5.92 Å². The summed E-state index contributed by atoms with van der Waals surface area (Å²) in [6, 6.07) is 10.2. The van der Waals surface area contributed by atoms with Crippen molar-refractivity contribution in [2.45, 2.75) is 19.8 Å². The van der Waals surface area contributed by atoms with Crippen molar-refractivity contribution >= 4 is 0 Å². The summed E-state index contributed by atoms with van der Waals surface area (Å²) in [6.45, 7) is 8.77. The second kappa shape index (κ2) is 6.38. The highest BCUT2D eigenvalue weighted by molar-refractivity contribution is 5.18. The first-order valence-corrected chi connectivity index (χ1v) is 5.14. The molecule has 0 aliphatic heterocycles. The minimum Gasteiger partial charge on any atom is -0.236 e. The van der Waals surface area contributed by atoms with Crippen molar-refractivity contribution in [3.05, 3.63) is 48.0 Å². The fourth-order valence-corrected chi connectivity index (χ4v) is 1.17. The smallest absolute Gasteiger partial charge is 0.103 e. The molecule has 15 heavy (non-hydrogen) atoms. The second-order valence-electron chi connectivity index (χ2n) is 3.82. The molecule has 1 atom stereocenters. The third-order valence-electron chi connectivity index (χ3n) is 2.08. The van der Waals surface area contributed by atoms with E-state index < -0.39 is 0 Å². The maximum atomic E-state index is 5.10. The molecule has 0 aliphatic carbocycles. The first-order valence-electron chi connectivity index (χ1n) is 5.14. The Morgan fingerprint density at radius 1 is 1.27 bits per heavy atom. The largest absolute Gasteiger partial charge is 0.236 e. The molecule has 0 bridgehead atoms. The van der Waals surface area contributed by atoms with Gasteiger partial charge in [0.25, 0.3) is 0 Å². The average molecular weight is 206 g/mol. The van der Waals surface area contributed by atoms with E-state index in [1.807, 2.05) is 25.1 Å². The van der Waals surface area contributed by atoms with E-state index in [1.54, 1.807) is 0 Å². The van der Waals surface area contributed by atoms with Crippen LogP contribution in [0.25, 0.3) is 0 Å². The van der Waals surface area contributed by atoms with Crippen molar-refractivity contribution in [2.75, 3.05) is 13.2 Å². The summed E-state index contributed by atoms with van der Waals surface area (Å²) in [6.07, 6.45) is 0. The third kappa shape index (κ3) is 4.77. The van der Waals surface area contributed by atoms with Crippen LogP contribution < -0.4 is 0 Å². The van der Waals surface area contributed by atoms with Crippen LogP contribution in [0.5, 0.6) is 0 Å². The topological polar surface area (TPSA) is 18.5 Å². The van der Waals surface area contributed by atoms with Crippen LogP contribution in [0.4, 0.5) is 0 Å². The number of rotatable bonds is 6. The summed E-state index contributed by atoms with van der Waals surface area (Å²) in [5.41, 5.74) is 2.22. The van der Waals surface area contributed by atoms with Crippen LogP contribution in [0.3, 0.4) is 0 Å². The molecule has 1 aromatic carbocycles. The lowest BCUT2D eigenvalue weighted by molar-refractivity contribution is -0.290. The number of benzene rings is 1. The lowest BCUT2D eigenvalue weighted by Crippen LogP contribution is -2.06. The van der Waals surface area contributed by atoms with E-state index in [1.165, 1.54) is 5.56 Å². The van der Waals surface area contributed by atoms with E-state index in [2.05, 4.69) is 25.6 Å². The monoisotopic (exact) mass is 206 g/mol. The van der Waals surface area contributed by atoms with Crippen LogP contribution in [-0.4, -0.2) is 13.2 Å². The zero-order chi connectivity index (χ0) is 11.1. The molecule has 1 unspecified atom stereocenters. The van der Waals surface area contributed by atoms with Crippen LogP contribution in [0.15, 0.2) is 42.5 Å². The number of hydrogen-bond acceptors (Lipinski definition) is 2. The molecule has 0 radical (unpaired) electrons. The van der Waals surface area contributed by atoms with Crippen molar-refractivity contribution in [3.63, 3.8) is 0 Å². The van der Waals surface area contributed by atoms with Gasteiger partial charge in [-0.1, -0.05) is 49.4 Å². The molecule has 0 N–H and O–H groups in total. The predicted molar refractivity (Wildman–Crippen MR) is 61.6 cm³/mol. The van der Waals surface area contributed by atoms with E-state index in [9.17, 15) is 0 Å². The van der Waals surface area contributed by atoms with Crippen molar-refractivity contribution in [1.82, 2.24) is 0 Å². The molecule has 2 nitrogen and oxygen atoms in total.